The van der Waals surface area contributed by atoms with Gasteiger partial charge in [-0.2, -0.15) is 0 Å². The Balaban J connectivity index is 1.68. The van der Waals surface area contributed by atoms with Gasteiger partial charge in [0.05, 0.1) is 18.3 Å². The maximum atomic E-state index is 14.9. The Morgan fingerprint density at radius 1 is 1.34 bits per heavy atom. The number of ether oxygens (including phenoxy) is 1. The zero-order valence-electron chi connectivity index (χ0n) is 15.6. The predicted molar refractivity (Wildman–Crippen MR) is 117 cm³/mol. The van der Waals surface area contributed by atoms with Crippen molar-refractivity contribution < 1.29 is 17.9 Å². The maximum Gasteiger partial charge on any atom is 0.297 e. The normalized spacial score (nSPS) is 25.8. The van der Waals surface area contributed by atoms with Crippen LogP contribution in [0.4, 0.5) is 18.9 Å². The Labute approximate surface area is 185 Å². The van der Waals surface area contributed by atoms with Crippen molar-refractivity contribution >= 4 is 45.5 Å². The highest BCUT2D eigenvalue weighted by molar-refractivity contribution is 14.1. The van der Waals surface area contributed by atoms with Crippen molar-refractivity contribution in [1.82, 2.24) is 10.3 Å². The molecule has 29 heavy (non-hydrogen) atoms. The van der Waals surface area contributed by atoms with E-state index in [0.717, 1.165) is 22.1 Å². The van der Waals surface area contributed by atoms with Gasteiger partial charge in [0, 0.05) is 21.0 Å². The summed E-state index contributed by atoms with van der Waals surface area (Å²) in [6.07, 6.45) is 3.51. The molecule has 2 N–H and O–H groups in total. The molecule has 0 bridgehead atoms. The Hall–Kier alpha value is -1.46. The molecule has 1 aromatic heterocycles. The van der Waals surface area contributed by atoms with Crippen molar-refractivity contribution in [3.8, 4) is 0 Å². The number of hydrogen-bond donors (Lipinski definition) is 2. The summed E-state index contributed by atoms with van der Waals surface area (Å²) in [5.74, 6) is -4.08. The van der Waals surface area contributed by atoms with Crippen LogP contribution in [-0.4, -0.2) is 29.1 Å². The number of aromatic nitrogens is 1. The number of pyridine rings is 1. The molecule has 0 radical (unpaired) electrons. The van der Waals surface area contributed by atoms with Crippen LogP contribution in [0, 0.1) is 9.39 Å². The van der Waals surface area contributed by atoms with Gasteiger partial charge in [-0.25, -0.2) is 13.2 Å². The van der Waals surface area contributed by atoms with Gasteiger partial charge in [0.25, 0.3) is 5.92 Å². The van der Waals surface area contributed by atoms with Gasteiger partial charge in [-0.1, -0.05) is 12.2 Å². The predicted octanol–water partition coefficient (Wildman–Crippen LogP) is 4.72. The van der Waals surface area contributed by atoms with Gasteiger partial charge < -0.3 is 15.4 Å². The summed E-state index contributed by atoms with van der Waals surface area (Å²) < 4.78 is 50.5. The molecule has 2 atom stereocenters. The van der Waals surface area contributed by atoms with Gasteiger partial charge in [-0.3, -0.25) is 4.98 Å². The van der Waals surface area contributed by atoms with Gasteiger partial charge in [0.2, 0.25) is 0 Å². The van der Waals surface area contributed by atoms with E-state index in [1.54, 1.807) is 12.3 Å². The second-order valence-corrected chi connectivity index (χ2v) is 9.24. The fourth-order valence-electron chi connectivity index (χ4n) is 3.87. The first kappa shape index (κ1) is 20.8. The summed E-state index contributed by atoms with van der Waals surface area (Å²) in [6, 6.07) is 6.22. The number of halogens is 4. The smallest absolute Gasteiger partial charge is 0.297 e. The van der Waals surface area contributed by atoms with E-state index in [1.165, 1.54) is 24.6 Å². The standard InChI is InChI=1S/C20H19F3IN3OS/c1-19(20(22,23)10-28-9-17(29)27-19)14-7-13(3-4-15(14)21)26-16-5-2-11-6-12(24)8-25-18(11)16/h3-4,6-8,16,26H,2,5,9-10H2,1H3,(H,27,29)/t16-,19-/m1/s1. The van der Waals surface area contributed by atoms with Crippen molar-refractivity contribution in [3.05, 3.63) is 56.7 Å². The highest BCUT2D eigenvalue weighted by atomic mass is 127. The first-order valence-electron chi connectivity index (χ1n) is 9.17. The average Bonchev–Trinajstić information content (AvgIpc) is 2.99. The van der Waals surface area contributed by atoms with Crippen LogP contribution in [0.25, 0.3) is 0 Å². The van der Waals surface area contributed by atoms with E-state index in [4.69, 9.17) is 17.0 Å². The van der Waals surface area contributed by atoms with E-state index in [9.17, 15) is 13.2 Å². The third kappa shape index (κ3) is 3.84. The molecule has 1 saturated heterocycles. The topological polar surface area (TPSA) is 46.2 Å². The molecule has 2 aliphatic rings. The number of thiocarbonyl (C=S) groups is 1. The fraction of sp³-hybridized carbons (Fsp3) is 0.400. The molecular formula is C20H19F3IN3OS. The van der Waals surface area contributed by atoms with Crippen LogP contribution >= 0.6 is 34.8 Å². The summed E-state index contributed by atoms with van der Waals surface area (Å²) in [4.78, 5) is 4.63. The van der Waals surface area contributed by atoms with Crippen molar-refractivity contribution in [1.29, 1.82) is 0 Å². The number of alkyl halides is 2. The summed E-state index contributed by atoms with van der Waals surface area (Å²) in [7, 11) is 0. The molecule has 1 aliphatic carbocycles. The Kier molecular flexibility index (Phi) is 5.49. The number of fused-ring (bicyclic) bond motifs is 1. The molecular weight excluding hydrogens is 514 g/mol. The highest BCUT2D eigenvalue weighted by Crippen LogP contribution is 2.42. The number of anilines is 1. The van der Waals surface area contributed by atoms with E-state index in [1.807, 2.05) is 0 Å². The van der Waals surface area contributed by atoms with Crippen molar-refractivity contribution in [2.24, 2.45) is 0 Å². The van der Waals surface area contributed by atoms with Gasteiger partial charge in [0.15, 0.2) is 0 Å². The van der Waals surface area contributed by atoms with Gasteiger partial charge in [0.1, 0.15) is 23.0 Å². The summed E-state index contributed by atoms with van der Waals surface area (Å²) in [5.41, 5.74) is 0.478. The molecule has 9 heteroatoms. The van der Waals surface area contributed by atoms with Crippen LogP contribution in [0.1, 0.15) is 36.2 Å². The second-order valence-electron chi connectivity index (χ2n) is 7.50. The molecule has 2 aromatic rings. The quantitative estimate of drug-likeness (QED) is 0.442. The Morgan fingerprint density at radius 2 is 2.14 bits per heavy atom. The highest BCUT2D eigenvalue weighted by Gasteiger charge is 2.54. The van der Waals surface area contributed by atoms with E-state index >= 15 is 0 Å². The van der Waals surface area contributed by atoms with Crippen LogP contribution in [0.15, 0.2) is 30.5 Å². The summed E-state index contributed by atoms with van der Waals surface area (Å²) in [6.45, 7) is 0.292. The number of rotatable bonds is 3. The molecule has 4 rings (SSSR count). The molecule has 1 fully saturated rings. The third-order valence-corrected chi connectivity index (χ3v) is 6.29. The number of hydrogen-bond acceptors (Lipinski definition) is 4. The first-order valence-corrected chi connectivity index (χ1v) is 10.7. The molecule has 1 aromatic carbocycles. The number of aryl methyl sites for hydroxylation is 1. The maximum absolute atomic E-state index is 14.9. The molecule has 154 valence electrons. The lowest BCUT2D eigenvalue weighted by Crippen LogP contribution is -2.56. The fourth-order valence-corrected chi connectivity index (χ4v) is 4.67. The second kappa shape index (κ2) is 7.66. The van der Waals surface area contributed by atoms with Crippen LogP contribution in [-0.2, 0) is 16.7 Å². The molecule has 0 saturated carbocycles. The van der Waals surface area contributed by atoms with Crippen LogP contribution in [0.2, 0.25) is 0 Å². The minimum Gasteiger partial charge on any atom is -0.377 e. The lowest BCUT2D eigenvalue weighted by Gasteiger charge is -2.37. The van der Waals surface area contributed by atoms with Crippen molar-refractivity contribution in [3.63, 3.8) is 0 Å². The van der Waals surface area contributed by atoms with Gasteiger partial charge in [-0.15, -0.1) is 0 Å². The number of nitrogens with one attached hydrogen (secondary N) is 2. The zero-order valence-corrected chi connectivity index (χ0v) is 18.5. The zero-order chi connectivity index (χ0) is 20.8. The largest absolute Gasteiger partial charge is 0.377 e. The van der Waals surface area contributed by atoms with Crippen LogP contribution in [0.5, 0.6) is 0 Å². The third-order valence-electron chi connectivity index (χ3n) is 5.48. The van der Waals surface area contributed by atoms with E-state index in [-0.39, 0.29) is 23.2 Å². The van der Waals surface area contributed by atoms with Crippen LogP contribution in [0.3, 0.4) is 0 Å². The average molecular weight is 533 g/mol. The Bertz CT molecular complexity index is 974. The monoisotopic (exact) mass is 533 g/mol. The number of nitrogens with zero attached hydrogens (tertiary/aromatic N) is 1. The van der Waals surface area contributed by atoms with E-state index in [0.29, 0.717) is 5.69 Å². The number of benzene rings is 1. The van der Waals surface area contributed by atoms with Crippen molar-refractivity contribution in [2.45, 2.75) is 37.3 Å². The van der Waals surface area contributed by atoms with Crippen molar-refractivity contribution in [2.75, 3.05) is 18.5 Å². The molecule has 0 amide bonds. The minimum absolute atomic E-state index is 0.0554. The SMILES string of the molecule is C[C@]1(c2cc(N[C@@H]3CCc4cc(I)cnc43)ccc2F)NC(=S)COCC1(F)F. The lowest BCUT2D eigenvalue weighted by molar-refractivity contribution is -0.120. The van der Waals surface area contributed by atoms with Crippen LogP contribution < -0.4 is 10.6 Å². The molecule has 0 unspecified atom stereocenters. The minimum atomic E-state index is -3.36. The van der Waals surface area contributed by atoms with E-state index in [2.05, 4.69) is 44.3 Å². The van der Waals surface area contributed by atoms with E-state index < -0.39 is 23.9 Å². The molecule has 2 heterocycles. The summed E-state index contributed by atoms with van der Waals surface area (Å²) >= 11 is 7.30. The molecule has 1 aliphatic heterocycles. The molecule has 0 spiro atoms. The molecule has 4 nitrogen and oxygen atoms in total. The van der Waals surface area contributed by atoms with Gasteiger partial charge in [-0.05, 0) is 72.2 Å². The van der Waals surface area contributed by atoms with Gasteiger partial charge >= 0.3 is 0 Å². The lowest BCUT2D eigenvalue weighted by atomic mass is 9.85. The summed E-state index contributed by atoms with van der Waals surface area (Å²) in [5, 5.41) is 5.95. The Morgan fingerprint density at radius 3 is 2.93 bits per heavy atom. The first-order chi connectivity index (χ1) is 13.7.